The highest BCUT2D eigenvalue weighted by Crippen LogP contribution is 2.27. The van der Waals surface area contributed by atoms with Crippen LogP contribution in [0.5, 0.6) is 5.75 Å². The van der Waals surface area contributed by atoms with Crippen LogP contribution in [0.2, 0.25) is 5.02 Å². The molecule has 1 atom stereocenters. The van der Waals surface area contributed by atoms with Gasteiger partial charge in [-0.3, -0.25) is 13.9 Å². The normalized spacial score (nSPS) is 14.2. The average molecular weight is 626 g/mol. The van der Waals surface area contributed by atoms with E-state index in [1.807, 2.05) is 26.8 Å². The molecule has 10 heteroatoms. The van der Waals surface area contributed by atoms with Crippen molar-refractivity contribution in [3.8, 4) is 5.75 Å². The largest absolute Gasteiger partial charge is 0.494 e. The number of hydrogen-bond donors (Lipinski definition) is 1. The Bertz CT molecular complexity index is 1490. The monoisotopic (exact) mass is 625 g/mol. The van der Waals surface area contributed by atoms with Gasteiger partial charge in [0.25, 0.3) is 10.0 Å². The van der Waals surface area contributed by atoms with Crippen LogP contribution in [0.1, 0.15) is 57.1 Å². The van der Waals surface area contributed by atoms with E-state index >= 15 is 0 Å². The summed E-state index contributed by atoms with van der Waals surface area (Å²) in [5.41, 5.74) is 1.96. The summed E-state index contributed by atoms with van der Waals surface area (Å²) < 4.78 is 34.7. The molecule has 0 spiro atoms. The number of anilines is 1. The lowest BCUT2D eigenvalue weighted by atomic mass is 10.1. The van der Waals surface area contributed by atoms with Gasteiger partial charge in [0.05, 0.1) is 17.2 Å². The minimum absolute atomic E-state index is 0.0213. The minimum atomic E-state index is -4.18. The van der Waals surface area contributed by atoms with E-state index in [-0.39, 0.29) is 23.4 Å². The van der Waals surface area contributed by atoms with E-state index in [9.17, 15) is 18.0 Å². The molecule has 8 nitrogen and oxygen atoms in total. The van der Waals surface area contributed by atoms with Crippen molar-refractivity contribution in [2.24, 2.45) is 0 Å². The van der Waals surface area contributed by atoms with Crippen molar-refractivity contribution in [1.29, 1.82) is 0 Å². The summed E-state index contributed by atoms with van der Waals surface area (Å²) in [6, 6.07) is 19.5. The first-order chi connectivity index (χ1) is 20.6. The molecule has 0 heterocycles. The molecule has 0 bridgehead atoms. The number of carbonyl (C=O) groups is 2. The molecule has 2 amide bonds. The molecule has 0 saturated heterocycles. The summed E-state index contributed by atoms with van der Waals surface area (Å²) in [7, 11) is -4.18. The van der Waals surface area contributed by atoms with E-state index in [2.05, 4.69) is 5.32 Å². The van der Waals surface area contributed by atoms with Gasteiger partial charge in [-0.25, -0.2) is 8.42 Å². The van der Waals surface area contributed by atoms with Crippen LogP contribution in [0.15, 0.2) is 77.7 Å². The summed E-state index contributed by atoms with van der Waals surface area (Å²) in [6.07, 6.45) is 4.27. The van der Waals surface area contributed by atoms with Gasteiger partial charge in [0.2, 0.25) is 11.8 Å². The molecule has 3 aromatic rings. The lowest BCUT2D eigenvalue weighted by Crippen LogP contribution is -2.53. The average Bonchev–Trinajstić information content (AvgIpc) is 3.50. The summed E-state index contributed by atoms with van der Waals surface area (Å²) in [4.78, 5) is 29.3. The molecule has 230 valence electrons. The number of amides is 2. The Morgan fingerprint density at radius 1 is 0.977 bits per heavy atom. The SMILES string of the molecule is CCOc1ccc(S(=O)(=O)N(CC(=O)N(Cc2ccccc2Cl)C(CC)C(=O)NC2CCCC2)c2ccc(C)cc2)cc1. The third kappa shape index (κ3) is 8.09. The highest BCUT2D eigenvalue weighted by Gasteiger charge is 2.34. The minimum Gasteiger partial charge on any atom is -0.494 e. The molecule has 1 saturated carbocycles. The lowest BCUT2D eigenvalue weighted by Gasteiger charge is -2.34. The van der Waals surface area contributed by atoms with E-state index < -0.39 is 28.5 Å². The van der Waals surface area contributed by atoms with Crippen LogP contribution >= 0.6 is 11.6 Å². The van der Waals surface area contributed by atoms with E-state index in [4.69, 9.17) is 16.3 Å². The van der Waals surface area contributed by atoms with E-state index in [1.54, 1.807) is 54.6 Å². The molecule has 3 aromatic carbocycles. The maximum atomic E-state index is 14.2. The van der Waals surface area contributed by atoms with Crippen molar-refractivity contribution in [1.82, 2.24) is 10.2 Å². The van der Waals surface area contributed by atoms with Crippen LogP contribution in [0.4, 0.5) is 5.69 Å². The molecule has 1 fully saturated rings. The van der Waals surface area contributed by atoms with Crippen LogP contribution in [0.3, 0.4) is 0 Å². The van der Waals surface area contributed by atoms with Gasteiger partial charge >= 0.3 is 0 Å². The number of nitrogens with one attached hydrogen (secondary N) is 1. The summed E-state index contributed by atoms with van der Waals surface area (Å²) in [5, 5.41) is 3.58. The van der Waals surface area contributed by atoms with Crippen molar-refractivity contribution < 1.29 is 22.7 Å². The number of carbonyl (C=O) groups excluding carboxylic acids is 2. The Hall–Kier alpha value is -3.56. The van der Waals surface area contributed by atoms with Gasteiger partial charge in [0.1, 0.15) is 18.3 Å². The summed E-state index contributed by atoms with van der Waals surface area (Å²) >= 11 is 6.49. The Kier molecular flexibility index (Phi) is 11.1. The van der Waals surface area contributed by atoms with Gasteiger partial charge < -0.3 is 15.0 Å². The third-order valence-corrected chi connectivity index (χ3v) is 9.87. The van der Waals surface area contributed by atoms with E-state index in [0.29, 0.717) is 35.1 Å². The fourth-order valence-corrected chi connectivity index (χ4v) is 6.95. The molecular formula is C33H40ClN3O5S. The summed E-state index contributed by atoms with van der Waals surface area (Å²) in [6.45, 7) is 5.60. The molecule has 1 aliphatic carbocycles. The van der Waals surface area contributed by atoms with Gasteiger partial charge in [0, 0.05) is 17.6 Å². The number of aryl methyl sites for hydroxylation is 1. The number of rotatable bonds is 13. The second-order valence-corrected chi connectivity index (χ2v) is 13.0. The lowest BCUT2D eigenvalue weighted by molar-refractivity contribution is -0.140. The zero-order valence-electron chi connectivity index (χ0n) is 25.0. The van der Waals surface area contributed by atoms with Gasteiger partial charge in [-0.2, -0.15) is 0 Å². The number of nitrogens with zero attached hydrogens (tertiary/aromatic N) is 2. The predicted molar refractivity (Wildman–Crippen MR) is 170 cm³/mol. The Morgan fingerprint density at radius 3 is 2.23 bits per heavy atom. The zero-order valence-corrected chi connectivity index (χ0v) is 26.5. The van der Waals surface area contributed by atoms with Crippen molar-refractivity contribution in [3.05, 3.63) is 88.9 Å². The molecule has 4 rings (SSSR count). The Morgan fingerprint density at radius 2 is 1.63 bits per heavy atom. The zero-order chi connectivity index (χ0) is 31.0. The van der Waals surface area contributed by atoms with Gasteiger partial charge in [0.15, 0.2) is 0 Å². The number of ether oxygens (including phenoxy) is 1. The van der Waals surface area contributed by atoms with Gasteiger partial charge in [-0.05, 0) is 81.1 Å². The second-order valence-electron chi connectivity index (χ2n) is 10.8. The molecule has 43 heavy (non-hydrogen) atoms. The molecule has 1 aliphatic rings. The highest BCUT2D eigenvalue weighted by atomic mass is 35.5. The molecule has 0 radical (unpaired) electrons. The fourth-order valence-electron chi connectivity index (χ4n) is 5.34. The maximum Gasteiger partial charge on any atom is 0.264 e. The molecule has 1 unspecified atom stereocenters. The molecule has 1 N–H and O–H groups in total. The molecular weight excluding hydrogens is 586 g/mol. The number of benzene rings is 3. The first-order valence-corrected chi connectivity index (χ1v) is 16.6. The highest BCUT2D eigenvalue weighted by molar-refractivity contribution is 7.92. The second kappa shape index (κ2) is 14.8. The Labute approximate surface area is 260 Å². The van der Waals surface area contributed by atoms with Crippen LogP contribution in [-0.4, -0.2) is 50.4 Å². The Balaban J connectivity index is 1.71. The smallest absolute Gasteiger partial charge is 0.264 e. The van der Waals surface area contributed by atoms with Crippen molar-refractivity contribution in [2.75, 3.05) is 17.5 Å². The first kappa shape index (κ1) is 32.4. The molecule has 0 aliphatic heterocycles. The van der Waals surface area contributed by atoms with Crippen LogP contribution in [-0.2, 0) is 26.2 Å². The van der Waals surface area contributed by atoms with Gasteiger partial charge in [-0.1, -0.05) is 67.3 Å². The van der Waals surface area contributed by atoms with Crippen molar-refractivity contribution >= 4 is 39.1 Å². The van der Waals surface area contributed by atoms with Crippen LogP contribution < -0.4 is 14.4 Å². The van der Waals surface area contributed by atoms with Crippen LogP contribution in [0.25, 0.3) is 0 Å². The van der Waals surface area contributed by atoms with E-state index in [0.717, 1.165) is 35.6 Å². The quantitative estimate of drug-likeness (QED) is 0.247. The van der Waals surface area contributed by atoms with Crippen molar-refractivity contribution in [2.45, 2.75) is 76.4 Å². The topological polar surface area (TPSA) is 96.0 Å². The first-order valence-electron chi connectivity index (χ1n) is 14.8. The van der Waals surface area contributed by atoms with Gasteiger partial charge in [-0.15, -0.1) is 0 Å². The standard InChI is InChI=1S/C33H40ClN3O5S/c1-4-31(33(39)35-26-11-7-8-12-26)36(22-25-10-6-9-13-30(25)34)32(38)23-37(27-16-14-24(3)15-17-27)43(40,41)29-20-18-28(19-21-29)42-5-2/h6,9-10,13-21,26,31H,4-5,7-8,11-12,22-23H2,1-3H3,(H,35,39). The third-order valence-electron chi connectivity index (χ3n) is 7.71. The van der Waals surface area contributed by atoms with Crippen LogP contribution in [0, 0.1) is 6.92 Å². The van der Waals surface area contributed by atoms with Crippen molar-refractivity contribution in [3.63, 3.8) is 0 Å². The number of hydrogen-bond acceptors (Lipinski definition) is 5. The predicted octanol–water partition coefficient (Wildman–Crippen LogP) is 6.11. The molecule has 0 aromatic heterocycles. The van der Waals surface area contributed by atoms with E-state index in [1.165, 1.54) is 17.0 Å². The maximum absolute atomic E-state index is 14.2. The fraction of sp³-hybridized carbons (Fsp3) is 0.394. The summed E-state index contributed by atoms with van der Waals surface area (Å²) in [5.74, 6) is -0.209. The number of sulfonamides is 1. The number of halogens is 1.